The molecule has 0 radical (unpaired) electrons. The number of aryl methyl sites for hydroxylation is 1. The highest BCUT2D eigenvalue weighted by molar-refractivity contribution is 7.99. The topological polar surface area (TPSA) is 20.2 Å². The predicted molar refractivity (Wildman–Crippen MR) is 62.0 cm³/mol. The van der Waals surface area contributed by atoms with Crippen LogP contribution in [0, 0.1) is 6.92 Å². The first-order valence-corrected chi connectivity index (χ1v) is 6.47. The lowest BCUT2D eigenvalue weighted by Crippen LogP contribution is -2.26. The van der Waals surface area contributed by atoms with E-state index in [0.717, 1.165) is 17.9 Å². The third-order valence-corrected chi connectivity index (χ3v) is 4.23. The number of halogens is 3. The molecule has 0 saturated carbocycles. The largest absolute Gasteiger partial charge is 0.416 e. The minimum absolute atomic E-state index is 0.504. The molecule has 1 unspecified atom stereocenters. The Labute approximate surface area is 102 Å². The van der Waals surface area contributed by atoms with E-state index in [0.29, 0.717) is 23.3 Å². The zero-order valence-corrected chi connectivity index (χ0v) is 10.2. The molecule has 0 aliphatic carbocycles. The zero-order chi connectivity index (χ0) is 12.7. The SMILES string of the molecule is Cc1cc(C(F)(F)F)ccc1C1(O)CCSC1. The van der Waals surface area contributed by atoms with Gasteiger partial charge in [-0.3, -0.25) is 0 Å². The van der Waals surface area contributed by atoms with Gasteiger partial charge in [-0.25, -0.2) is 0 Å². The van der Waals surface area contributed by atoms with Crippen molar-refractivity contribution in [2.45, 2.75) is 25.1 Å². The van der Waals surface area contributed by atoms with Crippen LogP contribution < -0.4 is 0 Å². The van der Waals surface area contributed by atoms with Crippen LogP contribution >= 0.6 is 11.8 Å². The van der Waals surface area contributed by atoms with Gasteiger partial charge in [0.05, 0.1) is 11.2 Å². The lowest BCUT2D eigenvalue weighted by molar-refractivity contribution is -0.137. The van der Waals surface area contributed by atoms with Crippen LogP contribution in [0.25, 0.3) is 0 Å². The van der Waals surface area contributed by atoms with Crippen molar-refractivity contribution in [1.29, 1.82) is 0 Å². The summed E-state index contributed by atoms with van der Waals surface area (Å²) in [6, 6.07) is 3.56. The number of rotatable bonds is 1. The van der Waals surface area contributed by atoms with E-state index < -0.39 is 17.3 Å². The minimum Gasteiger partial charge on any atom is -0.384 e. The van der Waals surface area contributed by atoms with Crippen LogP contribution in [0.4, 0.5) is 13.2 Å². The molecular weight excluding hydrogens is 249 g/mol. The molecule has 1 atom stereocenters. The maximum absolute atomic E-state index is 12.5. The van der Waals surface area contributed by atoms with Crippen molar-refractivity contribution in [3.63, 3.8) is 0 Å². The van der Waals surface area contributed by atoms with Crippen molar-refractivity contribution < 1.29 is 18.3 Å². The van der Waals surface area contributed by atoms with Crippen LogP contribution in [0.5, 0.6) is 0 Å². The van der Waals surface area contributed by atoms with Crippen molar-refractivity contribution in [3.8, 4) is 0 Å². The van der Waals surface area contributed by atoms with Crippen LogP contribution in [0.3, 0.4) is 0 Å². The van der Waals surface area contributed by atoms with Crippen molar-refractivity contribution in [2.75, 3.05) is 11.5 Å². The molecule has 0 aromatic heterocycles. The van der Waals surface area contributed by atoms with E-state index in [1.165, 1.54) is 6.07 Å². The highest BCUT2D eigenvalue weighted by Crippen LogP contribution is 2.39. The van der Waals surface area contributed by atoms with Gasteiger partial charge < -0.3 is 5.11 Å². The summed E-state index contributed by atoms with van der Waals surface area (Å²) in [6.45, 7) is 1.62. The Morgan fingerprint density at radius 2 is 2.06 bits per heavy atom. The fourth-order valence-corrected chi connectivity index (χ4v) is 3.39. The summed E-state index contributed by atoms with van der Waals surface area (Å²) in [4.78, 5) is 0. The first kappa shape index (κ1) is 12.8. The summed E-state index contributed by atoms with van der Waals surface area (Å²) < 4.78 is 37.5. The number of benzene rings is 1. The van der Waals surface area contributed by atoms with Crippen LogP contribution in [-0.2, 0) is 11.8 Å². The summed E-state index contributed by atoms with van der Waals surface area (Å²) in [5.74, 6) is 1.40. The van der Waals surface area contributed by atoms with Gasteiger partial charge in [-0.05, 0) is 42.4 Å². The van der Waals surface area contributed by atoms with E-state index in [9.17, 15) is 18.3 Å². The molecule has 94 valence electrons. The Hall–Kier alpha value is -0.680. The summed E-state index contributed by atoms with van der Waals surface area (Å²) in [6.07, 6.45) is -3.72. The monoisotopic (exact) mass is 262 g/mol. The van der Waals surface area contributed by atoms with Gasteiger partial charge in [0.25, 0.3) is 0 Å². The molecule has 0 bridgehead atoms. The van der Waals surface area contributed by atoms with Crippen LogP contribution in [0.15, 0.2) is 18.2 Å². The highest BCUT2D eigenvalue weighted by Gasteiger charge is 2.36. The van der Waals surface area contributed by atoms with Crippen molar-refractivity contribution >= 4 is 11.8 Å². The number of alkyl halides is 3. The second-order valence-corrected chi connectivity index (χ2v) is 5.47. The molecule has 17 heavy (non-hydrogen) atoms. The molecule has 1 aromatic carbocycles. The van der Waals surface area contributed by atoms with E-state index in [-0.39, 0.29) is 0 Å². The quantitative estimate of drug-likeness (QED) is 0.837. The number of hydrogen-bond donors (Lipinski definition) is 1. The summed E-state index contributed by atoms with van der Waals surface area (Å²) in [5.41, 5.74) is -0.493. The first-order chi connectivity index (χ1) is 7.83. The summed E-state index contributed by atoms with van der Waals surface area (Å²) in [5, 5.41) is 10.3. The Kier molecular flexibility index (Phi) is 3.16. The van der Waals surface area contributed by atoms with E-state index in [2.05, 4.69) is 0 Å². The highest BCUT2D eigenvalue weighted by atomic mass is 32.2. The summed E-state index contributed by atoms with van der Waals surface area (Å²) >= 11 is 1.62. The molecule has 0 amide bonds. The average Bonchev–Trinajstić information content (AvgIpc) is 2.64. The second kappa shape index (κ2) is 4.21. The van der Waals surface area contributed by atoms with Gasteiger partial charge in [-0.2, -0.15) is 24.9 Å². The Morgan fingerprint density at radius 1 is 1.35 bits per heavy atom. The number of hydrogen-bond acceptors (Lipinski definition) is 2. The standard InChI is InChI=1S/C12H13F3OS/c1-8-6-9(12(13,14)15)2-3-10(8)11(16)4-5-17-7-11/h2-3,6,16H,4-5,7H2,1H3. The molecule has 0 spiro atoms. The van der Waals surface area contributed by atoms with Gasteiger partial charge in [0.15, 0.2) is 0 Å². The van der Waals surface area contributed by atoms with Crippen LogP contribution in [0.2, 0.25) is 0 Å². The van der Waals surface area contributed by atoms with Gasteiger partial charge in [0.1, 0.15) is 0 Å². The van der Waals surface area contributed by atoms with Gasteiger partial charge in [0.2, 0.25) is 0 Å². The molecule has 2 rings (SSSR count). The van der Waals surface area contributed by atoms with E-state index >= 15 is 0 Å². The molecule has 1 saturated heterocycles. The summed E-state index contributed by atoms with van der Waals surface area (Å²) in [7, 11) is 0. The molecular formula is C12H13F3OS. The van der Waals surface area contributed by atoms with Gasteiger partial charge in [-0.1, -0.05) is 6.07 Å². The third-order valence-electron chi connectivity index (χ3n) is 3.06. The molecule has 1 aliphatic heterocycles. The maximum atomic E-state index is 12.5. The van der Waals surface area contributed by atoms with Crippen molar-refractivity contribution in [2.24, 2.45) is 0 Å². The number of thioether (sulfide) groups is 1. The maximum Gasteiger partial charge on any atom is 0.416 e. The molecule has 1 aliphatic rings. The zero-order valence-electron chi connectivity index (χ0n) is 9.34. The minimum atomic E-state index is -4.32. The fraction of sp³-hybridized carbons (Fsp3) is 0.500. The van der Waals surface area contributed by atoms with Gasteiger partial charge in [-0.15, -0.1) is 0 Å². The molecule has 1 fully saturated rings. The van der Waals surface area contributed by atoms with Crippen LogP contribution in [0.1, 0.15) is 23.1 Å². The van der Waals surface area contributed by atoms with E-state index in [4.69, 9.17) is 0 Å². The lowest BCUT2D eigenvalue weighted by Gasteiger charge is -2.24. The van der Waals surface area contributed by atoms with Gasteiger partial charge in [0, 0.05) is 5.75 Å². The Balaban J connectivity index is 2.38. The van der Waals surface area contributed by atoms with Gasteiger partial charge >= 0.3 is 6.18 Å². The molecule has 1 aromatic rings. The molecule has 5 heteroatoms. The Bertz CT molecular complexity index is 422. The van der Waals surface area contributed by atoms with Crippen LogP contribution in [-0.4, -0.2) is 16.6 Å². The lowest BCUT2D eigenvalue weighted by atomic mass is 9.89. The van der Waals surface area contributed by atoms with E-state index in [1.54, 1.807) is 18.7 Å². The second-order valence-electron chi connectivity index (χ2n) is 4.36. The fourth-order valence-electron chi connectivity index (χ4n) is 2.13. The van der Waals surface area contributed by atoms with Crippen molar-refractivity contribution in [1.82, 2.24) is 0 Å². The van der Waals surface area contributed by atoms with Crippen molar-refractivity contribution in [3.05, 3.63) is 34.9 Å². The smallest absolute Gasteiger partial charge is 0.384 e. The predicted octanol–water partition coefficient (Wildman–Crippen LogP) is 3.34. The number of aliphatic hydroxyl groups is 1. The normalized spacial score (nSPS) is 25.2. The average molecular weight is 262 g/mol. The first-order valence-electron chi connectivity index (χ1n) is 5.31. The molecule has 1 N–H and O–H groups in total. The third kappa shape index (κ3) is 2.45. The molecule has 1 nitrogen and oxygen atoms in total. The molecule has 1 heterocycles. The Morgan fingerprint density at radius 3 is 2.53 bits per heavy atom. The van der Waals surface area contributed by atoms with E-state index in [1.807, 2.05) is 0 Å².